The number of hydrogen-bond acceptors (Lipinski definition) is 6. The third kappa shape index (κ3) is 4.17. The smallest absolute Gasteiger partial charge is 0.320 e. The normalized spacial score (nSPS) is 22.1. The Morgan fingerprint density at radius 2 is 1.85 bits per heavy atom. The van der Waals surface area contributed by atoms with E-state index in [0.717, 1.165) is 34.7 Å². The molecule has 0 radical (unpaired) electrons. The van der Waals surface area contributed by atoms with E-state index >= 15 is 0 Å². The summed E-state index contributed by atoms with van der Waals surface area (Å²) in [5.74, 6) is 0.965. The summed E-state index contributed by atoms with van der Waals surface area (Å²) in [5.41, 5.74) is -0.931. The minimum atomic E-state index is -4.78. The number of carbonyl (C=O) groups is 1. The van der Waals surface area contributed by atoms with Crippen LogP contribution in [0.15, 0.2) is 53.8 Å². The van der Waals surface area contributed by atoms with Crippen LogP contribution in [0.5, 0.6) is 0 Å². The van der Waals surface area contributed by atoms with Crippen molar-refractivity contribution in [3.8, 4) is 11.1 Å². The lowest BCUT2D eigenvalue weighted by atomic mass is 9.58. The van der Waals surface area contributed by atoms with Crippen LogP contribution in [0.3, 0.4) is 0 Å². The molecule has 12 heteroatoms. The number of piperazine rings is 1. The molecule has 2 fully saturated rings. The van der Waals surface area contributed by atoms with E-state index in [-0.39, 0.29) is 35.7 Å². The fourth-order valence-electron chi connectivity index (χ4n) is 6.17. The van der Waals surface area contributed by atoms with Gasteiger partial charge in [-0.1, -0.05) is 25.1 Å². The van der Waals surface area contributed by atoms with Crippen LogP contribution >= 0.6 is 0 Å². The molecule has 0 bridgehead atoms. The van der Waals surface area contributed by atoms with Crippen molar-refractivity contribution in [3.63, 3.8) is 0 Å². The third-order valence-corrected chi connectivity index (χ3v) is 8.08. The molecule has 1 saturated carbocycles. The second kappa shape index (κ2) is 9.26. The number of hydrogen-bond donors (Lipinski definition) is 0. The molecule has 0 spiro atoms. The first-order chi connectivity index (χ1) is 19.0. The van der Waals surface area contributed by atoms with Crippen molar-refractivity contribution >= 4 is 17.2 Å². The van der Waals surface area contributed by atoms with E-state index < -0.39 is 22.9 Å². The molecule has 0 atom stereocenters. The van der Waals surface area contributed by atoms with E-state index in [4.69, 9.17) is 0 Å². The largest absolute Gasteiger partial charge is 0.420 e. The molecule has 1 saturated heterocycles. The number of pyridine rings is 1. The molecule has 1 amide bonds. The van der Waals surface area contributed by atoms with Gasteiger partial charge >= 0.3 is 6.18 Å². The van der Waals surface area contributed by atoms with Crippen LogP contribution in [-0.2, 0) is 23.4 Å². The predicted molar refractivity (Wildman–Crippen MR) is 142 cm³/mol. The van der Waals surface area contributed by atoms with Crippen molar-refractivity contribution in [2.24, 2.45) is 13.0 Å². The van der Waals surface area contributed by atoms with Gasteiger partial charge in [-0.15, -0.1) is 10.2 Å². The molecular weight excluding hydrogens is 523 g/mol. The number of aromatic nitrogens is 5. The molecule has 0 N–H and O–H groups in total. The molecular formula is C28H28F3N7O2. The highest BCUT2D eigenvalue weighted by Gasteiger charge is 2.48. The van der Waals surface area contributed by atoms with Crippen molar-refractivity contribution in [1.29, 1.82) is 0 Å². The average Bonchev–Trinajstić information content (AvgIpc) is 3.32. The predicted octanol–water partition coefficient (Wildman–Crippen LogP) is 3.50. The molecule has 0 unspecified atom stereocenters. The van der Waals surface area contributed by atoms with Gasteiger partial charge in [0.2, 0.25) is 5.91 Å². The van der Waals surface area contributed by atoms with Gasteiger partial charge < -0.3 is 9.47 Å². The number of rotatable bonds is 4. The van der Waals surface area contributed by atoms with Crippen molar-refractivity contribution in [3.05, 3.63) is 76.4 Å². The van der Waals surface area contributed by atoms with Crippen LogP contribution in [0.1, 0.15) is 36.7 Å². The molecule has 4 heterocycles. The number of carbonyl (C=O) groups excluding carboxylic acids is 1. The molecule has 208 valence electrons. The van der Waals surface area contributed by atoms with Crippen LogP contribution in [0.2, 0.25) is 0 Å². The minimum Gasteiger partial charge on any atom is -0.320 e. The minimum absolute atomic E-state index is 0.0115. The zero-order chi connectivity index (χ0) is 28.4. The van der Waals surface area contributed by atoms with Gasteiger partial charge in [0.25, 0.3) is 5.56 Å². The standard InChI is InChI=1S/C28H28F3N7O2/c1-17-11-27(12-17,26-34-33-16-36(26)3)19-6-4-5-18(9-19)21-13-32-24-22(28(29,30)31)10-20(14-38(24)25(21)40)37-8-7-35(2)15-23(37)39/h4-6,9-10,13-14,16-17H,7-8,11-12,15H2,1-3H3. The number of amides is 1. The fraction of sp³-hybridized carbons (Fsp3) is 0.393. The number of nitrogens with zero attached hydrogens (tertiary/aromatic N) is 7. The number of benzene rings is 1. The Hall–Kier alpha value is -4.06. The summed E-state index contributed by atoms with van der Waals surface area (Å²) < 4.78 is 45.2. The molecule has 6 rings (SSSR count). The van der Waals surface area contributed by atoms with Crippen LogP contribution in [0, 0.1) is 5.92 Å². The van der Waals surface area contributed by atoms with E-state index in [9.17, 15) is 22.8 Å². The SMILES string of the molecule is CC1CC(c2cccc(-c3cnc4c(C(F)(F)F)cc(N5CCN(C)CC5=O)cn4c3=O)c2)(c2nncn2C)C1. The van der Waals surface area contributed by atoms with Gasteiger partial charge in [-0.3, -0.25) is 18.9 Å². The van der Waals surface area contributed by atoms with E-state index in [1.807, 2.05) is 29.8 Å². The summed E-state index contributed by atoms with van der Waals surface area (Å²) in [6.07, 6.45) is 1.08. The maximum Gasteiger partial charge on any atom is 0.420 e. The van der Waals surface area contributed by atoms with Gasteiger partial charge in [0, 0.05) is 32.5 Å². The van der Waals surface area contributed by atoms with Crippen LogP contribution in [-0.4, -0.2) is 61.6 Å². The second-order valence-corrected chi connectivity index (χ2v) is 11.0. The lowest BCUT2D eigenvalue weighted by Gasteiger charge is -2.46. The highest BCUT2D eigenvalue weighted by atomic mass is 19.4. The van der Waals surface area contributed by atoms with Gasteiger partial charge in [0.15, 0.2) is 5.65 Å². The highest BCUT2D eigenvalue weighted by molar-refractivity contribution is 5.95. The van der Waals surface area contributed by atoms with Crippen molar-refractivity contribution in [2.45, 2.75) is 31.4 Å². The summed E-state index contributed by atoms with van der Waals surface area (Å²) in [5, 5.41) is 8.43. The number of aryl methyl sites for hydroxylation is 1. The summed E-state index contributed by atoms with van der Waals surface area (Å²) in [6.45, 7) is 2.95. The first kappa shape index (κ1) is 26.2. The monoisotopic (exact) mass is 551 g/mol. The average molecular weight is 552 g/mol. The molecule has 1 aromatic carbocycles. The molecule has 9 nitrogen and oxygen atoms in total. The Morgan fingerprint density at radius 1 is 1.07 bits per heavy atom. The molecule has 4 aromatic rings. The Bertz CT molecular complexity index is 1690. The molecule has 40 heavy (non-hydrogen) atoms. The number of likely N-dealkylation sites (N-methyl/N-ethyl adjacent to an activating group) is 1. The lowest BCUT2D eigenvalue weighted by Crippen LogP contribution is -2.49. The van der Waals surface area contributed by atoms with Crippen LogP contribution in [0.4, 0.5) is 18.9 Å². The topological polar surface area (TPSA) is 88.6 Å². The molecule has 3 aromatic heterocycles. The fourth-order valence-corrected chi connectivity index (χ4v) is 6.17. The van der Waals surface area contributed by atoms with E-state index in [0.29, 0.717) is 18.0 Å². The highest BCUT2D eigenvalue weighted by Crippen LogP contribution is 2.51. The number of fused-ring (bicyclic) bond motifs is 1. The molecule has 1 aliphatic heterocycles. The molecule has 2 aliphatic rings. The van der Waals surface area contributed by atoms with Gasteiger partial charge in [0.05, 0.1) is 23.2 Å². The van der Waals surface area contributed by atoms with E-state index in [2.05, 4.69) is 22.1 Å². The Kier molecular flexibility index (Phi) is 6.06. The molecule has 1 aliphatic carbocycles. The number of halogens is 3. The zero-order valence-electron chi connectivity index (χ0n) is 22.3. The summed E-state index contributed by atoms with van der Waals surface area (Å²) in [6, 6.07) is 8.35. The first-order valence-corrected chi connectivity index (χ1v) is 13.0. The zero-order valence-corrected chi connectivity index (χ0v) is 22.3. The lowest BCUT2D eigenvalue weighted by molar-refractivity contribution is -0.136. The summed E-state index contributed by atoms with van der Waals surface area (Å²) in [4.78, 5) is 33.6. The van der Waals surface area contributed by atoms with Crippen LogP contribution in [0.25, 0.3) is 16.8 Å². The Balaban J connectivity index is 1.49. The maximum atomic E-state index is 14.1. The maximum absolute atomic E-state index is 14.1. The Morgan fingerprint density at radius 3 is 2.50 bits per heavy atom. The summed E-state index contributed by atoms with van der Waals surface area (Å²) in [7, 11) is 3.66. The van der Waals surface area contributed by atoms with Gasteiger partial charge in [-0.05, 0) is 49.1 Å². The van der Waals surface area contributed by atoms with Crippen molar-refractivity contribution < 1.29 is 18.0 Å². The van der Waals surface area contributed by atoms with Crippen molar-refractivity contribution in [2.75, 3.05) is 31.6 Å². The number of anilines is 1. The van der Waals surface area contributed by atoms with E-state index in [1.54, 1.807) is 24.3 Å². The van der Waals surface area contributed by atoms with Gasteiger partial charge in [0.1, 0.15) is 17.7 Å². The van der Waals surface area contributed by atoms with Gasteiger partial charge in [-0.2, -0.15) is 13.2 Å². The quantitative estimate of drug-likeness (QED) is 0.386. The van der Waals surface area contributed by atoms with E-state index in [1.165, 1.54) is 17.3 Å². The second-order valence-electron chi connectivity index (χ2n) is 11.0. The van der Waals surface area contributed by atoms with Gasteiger partial charge in [-0.25, -0.2) is 4.98 Å². The third-order valence-electron chi connectivity index (χ3n) is 8.08. The Labute approximate surface area is 227 Å². The number of alkyl halides is 3. The van der Waals surface area contributed by atoms with Crippen LogP contribution < -0.4 is 10.5 Å². The first-order valence-electron chi connectivity index (χ1n) is 13.0. The van der Waals surface area contributed by atoms with Crippen molar-refractivity contribution in [1.82, 2.24) is 29.0 Å². The summed E-state index contributed by atoms with van der Waals surface area (Å²) >= 11 is 0.